The Morgan fingerprint density at radius 1 is 1.26 bits per heavy atom. The van der Waals surface area contributed by atoms with Gasteiger partial charge in [-0.05, 0) is 48.7 Å². The zero-order chi connectivity index (χ0) is 13.1. The van der Waals surface area contributed by atoms with Crippen molar-refractivity contribution in [2.45, 2.75) is 44.6 Å². The molecule has 0 radical (unpaired) electrons. The summed E-state index contributed by atoms with van der Waals surface area (Å²) in [6.07, 6.45) is 9.06. The minimum Gasteiger partial charge on any atom is -0.313 e. The van der Waals surface area contributed by atoms with Crippen LogP contribution in [0.15, 0.2) is 36.7 Å². The topological polar surface area (TPSA) is 24.9 Å². The predicted molar refractivity (Wildman–Crippen MR) is 80.4 cm³/mol. The molecule has 1 aromatic carbocycles. The molecule has 3 rings (SSSR count). The Labute approximate surface area is 115 Å². The average Bonchev–Trinajstić information content (AvgIpc) is 2.92. The van der Waals surface area contributed by atoms with Crippen molar-refractivity contribution in [2.75, 3.05) is 6.54 Å². The Morgan fingerprint density at radius 3 is 3.11 bits per heavy atom. The lowest BCUT2D eigenvalue weighted by molar-refractivity contribution is 0.480. The molecule has 2 heteroatoms. The van der Waals surface area contributed by atoms with E-state index in [0.717, 1.165) is 6.54 Å². The van der Waals surface area contributed by atoms with Crippen molar-refractivity contribution >= 4 is 10.8 Å². The lowest BCUT2D eigenvalue weighted by Crippen LogP contribution is -2.31. The summed E-state index contributed by atoms with van der Waals surface area (Å²) < 4.78 is 0. The van der Waals surface area contributed by atoms with Gasteiger partial charge in [-0.1, -0.05) is 31.5 Å². The summed E-state index contributed by atoms with van der Waals surface area (Å²) in [6, 6.07) is 9.42. The van der Waals surface area contributed by atoms with E-state index in [4.69, 9.17) is 0 Å². The van der Waals surface area contributed by atoms with Crippen LogP contribution in [0.25, 0.3) is 10.8 Å². The highest BCUT2D eigenvalue weighted by molar-refractivity contribution is 5.85. The van der Waals surface area contributed by atoms with E-state index in [0.29, 0.717) is 12.0 Å². The molecule has 2 aromatic rings. The summed E-state index contributed by atoms with van der Waals surface area (Å²) in [7, 11) is 0. The number of rotatable bonds is 4. The van der Waals surface area contributed by atoms with E-state index >= 15 is 0 Å². The van der Waals surface area contributed by atoms with Gasteiger partial charge in [0.05, 0.1) is 0 Å². The summed E-state index contributed by atoms with van der Waals surface area (Å²) in [5.74, 6) is 0.652. The first-order valence-corrected chi connectivity index (χ1v) is 7.46. The molecule has 0 spiro atoms. The summed E-state index contributed by atoms with van der Waals surface area (Å²) in [6.45, 7) is 3.36. The van der Waals surface area contributed by atoms with E-state index in [9.17, 15) is 0 Å². The van der Waals surface area contributed by atoms with Crippen molar-refractivity contribution in [3.63, 3.8) is 0 Å². The van der Waals surface area contributed by atoms with E-state index in [1.807, 2.05) is 12.4 Å². The number of aromatic nitrogens is 1. The molecule has 2 nitrogen and oxygen atoms in total. The smallest absolute Gasteiger partial charge is 0.0349 e. The van der Waals surface area contributed by atoms with Crippen molar-refractivity contribution in [3.8, 4) is 0 Å². The fourth-order valence-electron chi connectivity index (χ4n) is 3.37. The lowest BCUT2D eigenvalue weighted by atomic mass is 9.90. The lowest BCUT2D eigenvalue weighted by Gasteiger charge is -2.22. The van der Waals surface area contributed by atoms with E-state index in [2.05, 4.69) is 41.5 Å². The molecule has 0 amide bonds. The number of pyridine rings is 1. The van der Waals surface area contributed by atoms with Gasteiger partial charge in [0.2, 0.25) is 0 Å². The van der Waals surface area contributed by atoms with Crippen molar-refractivity contribution in [1.29, 1.82) is 0 Å². The second-order valence-corrected chi connectivity index (χ2v) is 5.54. The highest BCUT2D eigenvalue weighted by atomic mass is 14.9. The third-order valence-electron chi connectivity index (χ3n) is 4.29. The van der Waals surface area contributed by atoms with Crippen LogP contribution >= 0.6 is 0 Å². The van der Waals surface area contributed by atoms with Gasteiger partial charge < -0.3 is 5.32 Å². The number of hydrogen-bond donors (Lipinski definition) is 1. The van der Waals surface area contributed by atoms with Crippen LogP contribution in [0, 0.1) is 0 Å². The second-order valence-electron chi connectivity index (χ2n) is 5.54. The van der Waals surface area contributed by atoms with Crippen LogP contribution in [0.3, 0.4) is 0 Å². The first kappa shape index (κ1) is 12.6. The Bertz CT molecular complexity index is 544. The van der Waals surface area contributed by atoms with Crippen molar-refractivity contribution in [2.24, 2.45) is 0 Å². The van der Waals surface area contributed by atoms with Crippen molar-refractivity contribution in [3.05, 3.63) is 42.2 Å². The molecule has 19 heavy (non-hydrogen) atoms. The molecule has 0 bridgehead atoms. The largest absolute Gasteiger partial charge is 0.313 e. The fraction of sp³-hybridized carbons (Fsp3) is 0.471. The number of hydrogen-bond acceptors (Lipinski definition) is 2. The quantitative estimate of drug-likeness (QED) is 0.896. The maximum atomic E-state index is 4.31. The van der Waals surface area contributed by atoms with Crippen LogP contribution in [0.4, 0.5) is 0 Å². The number of nitrogens with zero attached hydrogens (tertiary/aromatic N) is 1. The number of benzene rings is 1. The van der Waals surface area contributed by atoms with Gasteiger partial charge in [-0.3, -0.25) is 4.98 Å². The van der Waals surface area contributed by atoms with Crippen molar-refractivity contribution in [1.82, 2.24) is 10.3 Å². The Balaban J connectivity index is 1.94. The molecule has 1 heterocycles. The van der Waals surface area contributed by atoms with Gasteiger partial charge in [0.25, 0.3) is 0 Å². The molecule has 1 saturated carbocycles. The summed E-state index contributed by atoms with van der Waals surface area (Å²) in [5, 5.41) is 6.37. The van der Waals surface area contributed by atoms with Gasteiger partial charge in [-0.15, -0.1) is 0 Å². The monoisotopic (exact) mass is 254 g/mol. The van der Waals surface area contributed by atoms with Crippen molar-refractivity contribution < 1.29 is 0 Å². The number of fused-ring (bicyclic) bond motifs is 1. The van der Waals surface area contributed by atoms with Gasteiger partial charge in [0.1, 0.15) is 0 Å². The van der Waals surface area contributed by atoms with E-state index in [1.54, 1.807) is 0 Å². The molecule has 100 valence electrons. The molecule has 1 N–H and O–H groups in total. The minimum absolute atomic E-state index is 0.644. The van der Waals surface area contributed by atoms with Crippen LogP contribution in [-0.4, -0.2) is 17.6 Å². The first-order valence-electron chi connectivity index (χ1n) is 7.46. The third-order valence-corrected chi connectivity index (χ3v) is 4.29. The molecule has 1 aromatic heterocycles. The highest BCUT2D eigenvalue weighted by Crippen LogP contribution is 2.37. The molecule has 2 unspecified atom stereocenters. The molecule has 1 aliphatic carbocycles. The molecule has 2 atom stereocenters. The Hall–Kier alpha value is -1.41. The van der Waals surface area contributed by atoms with E-state index in [-0.39, 0.29) is 0 Å². The maximum Gasteiger partial charge on any atom is 0.0349 e. The van der Waals surface area contributed by atoms with Gasteiger partial charge in [-0.25, -0.2) is 0 Å². The molecule has 0 saturated heterocycles. The van der Waals surface area contributed by atoms with Crippen LogP contribution in [0.1, 0.15) is 44.1 Å². The molecule has 1 aliphatic rings. The van der Waals surface area contributed by atoms with E-state index in [1.165, 1.54) is 42.0 Å². The zero-order valence-corrected chi connectivity index (χ0v) is 11.6. The summed E-state index contributed by atoms with van der Waals surface area (Å²) in [5.41, 5.74) is 1.48. The minimum atomic E-state index is 0.644. The van der Waals surface area contributed by atoms with Gasteiger partial charge in [0.15, 0.2) is 0 Å². The molecule has 0 aliphatic heterocycles. The van der Waals surface area contributed by atoms with Crippen LogP contribution < -0.4 is 5.32 Å². The molecular weight excluding hydrogens is 232 g/mol. The zero-order valence-electron chi connectivity index (χ0n) is 11.6. The predicted octanol–water partition coefficient (Wildman–Crippen LogP) is 3.87. The summed E-state index contributed by atoms with van der Waals surface area (Å²) >= 11 is 0. The molecular formula is C17H22N2. The Kier molecular flexibility index (Phi) is 3.79. The van der Waals surface area contributed by atoms with Gasteiger partial charge in [-0.2, -0.15) is 0 Å². The highest BCUT2D eigenvalue weighted by Gasteiger charge is 2.28. The van der Waals surface area contributed by atoms with E-state index < -0.39 is 0 Å². The second kappa shape index (κ2) is 5.70. The third kappa shape index (κ3) is 2.50. The van der Waals surface area contributed by atoms with Gasteiger partial charge >= 0.3 is 0 Å². The average molecular weight is 254 g/mol. The van der Waals surface area contributed by atoms with Gasteiger partial charge in [0, 0.05) is 23.8 Å². The SMILES string of the molecule is CCCNC1CCCC1c1cccc2ccncc12. The maximum absolute atomic E-state index is 4.31. The fourth-order valence-corrected chi connectivity index (χ4v) is 3.37. The van der Waals surface area contributed by atoms with Crippen LogP contribution in [0.2, 0.25) is 0 Å². The van der Waals surface area contributed by atoms with Crippen LogP contribution in [-0.2, 0) is 0 Å². The number of nitrogens with one attached hydrogen (secondary N) is 1. The molecule has 1 fully saturated rings. The standard InChI is InChI=1S/C17H22N2/c1-2-10-19-17-8-4-7-15(17)14-6-3-5-13-9-11-18-12-16(13)14/h3,5-6,9,11-12,15,17,19H,2,4,7-8,10H2,1H3. The first-order chi connectivity index (χ1) is 9.40. The Morgan fingerprint density at radius 2 is 2.21 bits per heavy atom. The normalized spacial score (nSPS) is 23.0. The summed E-state index contributed by atoms with van der Waals surface area (Å²) in [4.78, 5) is 4.31. The van der Waals surface area contributed by atoms with Crippen LogP contribution in [0.5, 0.6) is 0 Å².